The summed E-state index contributed by atoms with van der Waals surface area (Å²) in [7, 11) is 0. The predicted molar refractivity (Wildman–Crippen MR) is 106 cm³/mol. The molecule has 1 aromatic carbocycles. The highest BCUT2D eigenvalue weighted by Crippen LogP contribution is 2.30. The van der Waals surface area contributed by atoms with E-state index in [4.69, 9.17) is 0 Å². The van der Waals surface area contributed by atoms with Crippen LogP contribution in [0.1, 0.15) is 40.0 Å². The van der Waals surface area contributed by atoms with Crippen LogP contribution >= 0.6 is 11.8 Å². The van der Waals surface area contributed by atoms with Crippen molar-refractivity contribution in [3.05, 3.63) is 30.3 Å². The van der Waals surface area contributed by atoms with Gasteiger partial charge in [-0.25, -0.2) is 0 Å². The average Bonchev–Trinajstić information content (AvgIpc) is 3.07. The summed E-state index contributed by atoms with van der Waals surface area (Å²) >= 11 is 1.46. The molecule has 2 aromatic rings. The molecule has 3 rings (SSSR count). The molecule has 0 spiro atoms. The van der Waals surface area contributed by atoms with Gasteiger partial charge >= 0.3 is 0 Å². The van der Waals surface area contributed by atoms with Crippen molar-refractivity contribution in [2.75, 3.05) is 5.75 Å². The van der Waals surface area contributed by atoms with Gasteiger partial charge in [0.15, 0.2) is 11.0 Å². The van der Waals surface area contributed by atoms with Gasteiger partial charge in [0.25, 0.3) is 0 Å². The van der Waals surface area contributed by atoms with Crippen molar-refractivity contribution in [3.8, 4) is 11.4 Å². The van der Waals surface area contributed by atoms with Crippen molar-refractivity contribution in [3.63, 3.8) is 0 Å². The number of nitrogens with zero attached hydrogens (tertiary/aromatic N) is 3. The summed E-state index contributed by atoms with van der Waals surface area (Å²) in [5, 5.41) is 12.7. The quantitative estimate of drug-likeness (QED) is 0.779. The van der Waals surface area contributed by atoms with Crippen LogP contribution in [0.25, 0.3) is 11.4 Å². The highest BCUT2D eigenvalue weighted by atomic mass is 32.2. The first-order valence-electron chi connectivity index (χ1n) is 9.51. The van der Waals surface area contributed by atoms with Gasteiger partial charge in [-0.2, -0.15) is 0 Å². The zero-order chi connectivity index (χ0) is 18.5. The molecule has 26 heavy (non-hydrogen) atoms. The van der Waals surface area contributed by atoms with E-state index in [0.29, 0.717) is 23.6 Å². The second kappa shape index (κ2) is 8.71. The van der Waals surface area contributed by atoms with E-state index >= 15 is 0 Å². The lowest BCUT2D eigenvalue weighted by Gasteiger charge is -2.34. The van der Waals surface area contributed by atoms with Crippen LogP contribution in [0.3, 0.4) is 0 Å². The van der Waals surface area contributed by atoms with Crippen LogP contribution in [0.15, 0.2) is 35.5 Å². The second-order valence-electron chi connectivity index (χ2n) is 7.15. The zero-order valence-corrected chi connectivity index (χ0v) is 16.6. The number of rotatable bonds is 6. The van der Waals surface area contributed by atoms with Gasteiger partial charge in [0.05, 0.1) is 5.75 Å². The lowest BCUT2D eigenvalue weighted by Crippen LogP contribution is -2.44. The van der Waals surface area contributed by atoms with Crippen molar-refractivity contribution >= 4 is 17.7 Å². The zero-order valence-electron chi connectivity index (χ0n) is 15.8. The fraction of sp³-hybridized carbons (Fsp3) is 0.550. The maximum atomic E-state index is 12.4. The molecule has 1 amide bonds. The third kappa shape index (κ3) is 4.29. The number of carbonyl (C=O) groups excluding carboxylic acids is 1. The normalized spacial score (nSPS) is 23.0. The molecule has 1 saturated carbocycles. The molecule has 0 bridgehead atoms. The minimum Gasteiger partial charge on any atom is -0.352 e. The molecule has 5 nitrogen and oxygen atoms in total. The Labute approximate surface area is 160 Å². The van der Waals surface area contributed by atoms with Gasteiger partial charge in [-0.1, -0.05) is 68.8 Å². The number of hydrogen-bond acceptors (Lipinski definition) is 4. The fourth-order valence-corrected chi connectivity index (χ4v) is 4.46. The molecule has 140 valence electrons. The summed E-state index contributed by atoms with van der Waals surface area (Å²) in [6.07, 6.45) is 3.56. The summed E-state index contributed by atoms with van der Waals surface area (Å²) in [6.45, 7) is 7.39. The molecule has 1 aliphatic carbocycles. The Balaban J connectivity index is 1.61. The van der Waals surface area contributed by atoms with Gasteiger partial charge in [-0.05, 0) is 25.2 Å². The first kappa shape index (κ1) is 19.0. The highest BCUT2D eigenvalue weighted by molar-refractivity contribution is 7.99. The largest absolute Gasteiger partial charge is 0.352 e. The molecular formula is C20H28N4OS. The molecule has 1 fully saturated rings. The second-order valence-corrected chi connectivity index (χ2v) is 8.09. The van der Waals surface area contributed by atoms with Gasteiger partial charge in [0, 0.05) is 18.2 Å². The van der Waals surface area contributed by atoms with Crippen LogP contribution < -0.4 is 5.32 Å². The van der Waals surface area contributed by atoms with E-state index in [0.717, 1.165) is 29.5 Å². The van der Waals surface area contributed by atoms with Gasteiger partial charge in [-0.15, -0.1) is 10.2 Å². The van der Waals surface area contributed by atoms with E-state index in [9.17, 15) is 4.79 Å². The molecule has 1 aliphatic rings. The lowest BCUT2D eigenvalue weighted by atomic mass is 9.78. The van der Waals surface area contributed by atoms with Gasteiger partial charge in [0.1, 0.15) is 0 Å². The van der Waals surface area contributed by atoms with Gasteiger partial charge < -0.3 is 9.88 Å². The van der Waals surface area contributed by atoms with E-state index in [1.165, 1.54) is 24.6 Å². The molecule has 1 N–H and O–H groups in total. The van der Waals surface area contributed by atoms with Crippen LogP contribution in [0.4, 0.5) is 0 Å². The smallest absolute Gasteiger partial charge is 0.230 e. The van der Waals surface area contributed by atoms with E-state index in [1.54, 1.807) is 0 Å². The van der Waals surface area contributed by atoms with E-state index < -0.39 is 0 Å². The van der Waals surface area contributed by atoms with Gasteiger partial charge in [-0.3, -0.25) is 4.79 Å². The third-order valence-electron chi connectivity index (χ3n) is 5.45. The maximum Gasteiger partial charge on any atom is 0.230 e. The Hall–Kier alpha value is -1.82. The van der Waals surface area contributed by atoms with Crippen LogP contribution in [0.5, 0.6) is 0 Å². The summed E-state index contributed by atoms with van der Waals surface area (Å²) < 4.78 is 2.07. The van der Waals surface area contributed by atoms with Crippen molar-refractivity contribution in [1.82, 2.24) is 20.1 Å². The third-order valence-corrected chi connectivity index (χ3v) is 6.42. The van der Waals surface area contributed by atoms with E-state index in [2.05, 4.69) is 40.9 Å². The predicted octanol–water partition coefficient (Wildman–Crippen LogP) is 4.00. The summed E-state index contributed by atoms with van der Waals surface area (Å²) in [5.41, 5.74) is 1.04. The molecular weight excluding hydrogens is 344 g/mol. The Kier molecular flexibility index (Phi) is 6.35. The molecule has 1 aromatic heterocycles. The maximum absolute atomic E-state index is 12.4. The number of carbonyl (C=O) groups is 1. The van der Waals surface area contributed by atoms with Crippen molar-refractivity contribution in [2.24, 2.45) is 11.8 Å². The van der Waals surface area contributed by atoms with Crippen LogP contribution in [0, 0.1) is 11.8 Å². The molecule has 3 atom stereocenters. The average molecular weight is 373 g/mol. The lowest BCUT2D eigenvalue weighted by molar-refractivity contribution is -0.120. The molecule has 0 saturated heterocycles. The van der Waals surface area contributed by atoms with Crippen LogP contribution in [0.2, 0.25) is 0 Å². The van der Waals surface area contributed by atoms with E-state index in [1.807, 2.05) is 30.3 Å². The van der Waals surface area contributed by atoms with Crippen LogP contribution in [-0.2, 0) is 11.3 Å². The fourth-order valence-electron chi connectivity index (χ4n) is 3.65. The van der Waals surface area contributed by atoms with Crippen molar-refractivity contribution in [2.45, 2.75) is 57.8 Å². The first-order valence-corrected chi connectivity index (χ1v) is 10.5. The monoisotopic (exact) mass is 372 g/mol. The van der Waals surface area contributed by atoms with Gasteiger partial charge in [0.2, 0.25) is 5.91 Å². The highest BCUT2D eigenvalue weighted by Gasteiger charge is 2.28. The topological polar surface area (TPSA) is 59.8 Å². The Bertz CT molecular complexity index is 731. The molecule has 0 unspecified atom stereocenters. The van der Waals surface area contributed by atoms with Crippen molar-refractivity contribution < 1.29 is 4.79 Å². The first-order chi connectivity index (χ1) is 12.6. The minimum absolute atomic E-state index is 0.0906. The summed E-state index contributed by atoms with van der Waals surface area (Å²) in [6, 6.07) is 10.3. The Morgan fingerprint density at radius 3 is 2.73 bits per heavy atom. The number of hydrogen-bond donors (Lipinski definition) is 1. The van der Waals surface area contributed by atoms with Crippen molar-refractivity contribution in [1.29, 1.82) is 0 Å². The number of thioether (sulfide) groups is 1. The van der Waals surface area contributed by atoms with Crippen LogP contribution in [-0.4, -0.2) is 32.5 Å². The summed E-state index contributed by atoms with van der Waals surface area (Å²) in [5.74, 6) is 2.54. The molecule has 6 heteroatoms. The Morgan fingerprint density at radius 1 is 1.23 bits per heavy atom. The summed E-state index contributed by atoms with van der Waals surface area (Å²) in [4.78, 5) is 12.4. The standard InChI is InChI=1S/C20H28N4OS/c1-4-24-19(16-10-6-5-7-11-16)22-23-20(24)26-13-18(25)21-17-12-8-9-14(2)15(17)3/h5-7,10-11,14-15,17H,4,8-9,12-13H2,1-3H3,(H,21,25)/t14-,15-,17-/m0/s1. The number of benzene rings is 1. The minimum atomic E-state index is 0.0906. The SMILES string of the molecule is CCn1c(SCC(=O)N[C@H]2CCC[C@H](C)[C@@H]2C)nnc1-c1ccccc1. The molecule has 0 radical (unpaired) electrons. The number of aromatic nitrogens is 3. The Morgan fingerprint density at radius 2 is 2.00 bits per heavy atom. The van der Waals surface area contributed by atoms with E-state index in [-0.39, 0.29) is 5.91 Å². The number of nitrogens with one attached hydrogen (secondary N) is 1. The number of amides is 1. The molecule has 1 heterocycles. The molecule has 0 aliphatic heterocycles.